The van der Waals surface area contributed by atoms with Crippen LogP contribution in [-0.2, 0) is 0 Å². The summed E-state index contributed by atoms with van der Waals surface area (Å²) >= 11 is 5.95. The molecule has 1 N–H and O–H groups in total. The van der Waals surface area contributed by atoms with Crippen molar-refractivity contribution in [3.63, 3.8) is 0 Å². The summed E-state index contributed by atoms with van der Waals surface area (Å²) < 4.78 is 5.33. The van der Waals surface area contributed by atoms with Crippen molar-refractivity contribution in [3.8, 4) is 11.4 Å². The van der Waals surface area contributed by atoms with Gasteiger partial charge >= 0.3 is 0 Å². The zero-order chi connectivity index (χ0) is 12.4. The van der Waals surface area contributed by atoms with Crippen molar-refractivity contribution in [1.82, 2.24) is 15.5 Å². The van der Waals surface area contributed by atoms with Crippen LogP contribution in [0.25, 0.3) is 11.4 Å². The summed E-state index contributed by atoms with van der Waals surface area (Å²) in [6.07, 6.45) is 3.47. The lowest BCUT2D eigenvalue weighted by atomic mass is 10.1. The Bertz CT molecular complexity index is 538. The number of piperidine rings is 1. The highest BCUT2D eigenvalue weighted by atomic mass is 35.5. The van der Waals surface area contributed by atoms with Crippen molar-refractivity contribution in [1.29, 1.82) is 0 Å². The van der Waals surface area contributed by atoms with Gasteiger partial charge in [0.1, 0.15) is 0 Å². The van der Waals surface area contributed by atoms with Gasteiger partial charge in [-0.1, -0.05) is 35.3 Å². The highest BCUT2D eigenvalue weighted by Gasteiger charge is 2.21. The molecule has 19 heavy (non-hydrogen) atoms. The van der Waals surface area contributed by atoms with Gasteiger partial charge in [0.05, 0.1) is 6.04 Å². The van der Waals surface area contributed by atoms with Crippen LogP contribution >= 0.6 is 24.0 Å². The molecule has 0 amide bonds. The smallest absolute Gasteiger partial charge is 0.244 e. The Hall–Kier alpha value is -1.10. The van der Waals surface area contributed by atoms with E-state index in [4.69, 9.17) is 16.1 Å². The predicted octanol–water partition coefficient (Wildman–Crippen LogP) is 3.63. The Kier molecular flexibility index (Phi) is 4.80. The molecule has 1 aliphatic rings. The van der Waals surface area contributed by atoms with E-state index in [9.17, 15) is 0 Å². The maximum absolute atomic E-state index is 5.95. The van der Waals surface area contributed by atoms with E-state index in [-0.39, 0.29) is 18.4 Å². The highest BCUT2D eigenvalue weighted by molar-refractivity contribution is 6.30. The first-order valence-electron chi connectivity index (χ1n) is 6.16. The van der Waals surface area contributed by atoms with Crippen LogP contribution in [0.5, 0.6) is 0 Å². The molecule has 2 heterocycles. The molecule has 1 unspecified atom stereocenters. The Morgan fingerprint density at radius 2 is 2.21 bits per heavy atom. The van der Waals surface area contributed by atoms with Gasteiger partial charge in [-0.25, -0.2) is 0 Å². The topological polar surface area (TPSA) is 51.0 Å². The van der Waals surface area contributed by atoms with E-state index in [1.807, 2.05) is 24.3 Å². The van der Waals surface area contributed by atoms with Crippen LogP contribution in [0.4, 0.5) is 0 Å². The quantitative estimate of drug-likeness (QED) is 0.920. The summed E-state index contributed by atoms with van der Waals surface area (Å²) in [6, 6.07) is 7.67. The monoisotopic (exact) mass is 299 g/mol. The van der Waals surface area contributed by atoms with E-state index in [1.54, 1.807) is 0 Å². The third-order valence-corrected chi connectivity index (χ3v) is 3.37. The first kappa shape index (κ1) is 14.3. The van der Waals surface area contributed by atoms with E-state index in [1.165, 1.54) is 12.8 Å². The normalized spacial score (nSPS) is 18.9. The first-order chi connectivity index (χ1) is 8.83. The molecule has 1 atom stereocenters. The van der Waals surface area contributed by atoms with Crippen LogP contribution in [0, 0.1) is 0 Å². The minimum absolute atomic E-state index is 0. The molecular weight excluding hydrogens is 285 g/mol. The zero-order valence-corrected chi connectivity index (χ0v) is 11.9. The van der Waals surface area contributed by atoms with Crippen molar-refractivity contribution in [2.24, 2.45) is 0 Å². The fourth-order valence-corrected chi connectivity index (χ4v) is 2.37. The number of hydrogen-bond donors (Lipinski definition) is 1. The molecule has 1 aromatic carbocycles. The summed E-state index contributed by atoms with van der Waals surface area (Å²) in [4.78, 5) is 4.45. The minimum Gasteiger partial charge on any atom is -0.337 e. The summed E-state index contributed by atoms with van der Waals surface area (Å²) in [5.41, 5.74) is 0.883. The Morgan fingerprint density at radius 1 is 1.32 bits per heavy atom. The van der Waals surface area contributed by atoms with E-state index < -0.39 is 0 Å². The molecule has 2 aromatic rings. The van der Waals surface area contributed by atoms with E-state index in [2.05, 4.69) is 15.5 Å². The molecule has 1 fully saturated rings. The molecule has 3 rings (SSSR count). The number of nitrogens with one attached hydrogen (secondary N) is 1. The maximum Gasteiger partial charge on any atom is 0.244 e. The van der Waals surface area contributed by atoms with E-state index in [0.29, 0.717) is 16.7 Å². The fraction of sp³-hybridized carbons (Fsp3) is 0.385. The number of aromatic nitrogens is 2. The Balaban J connectivity index is 0.00000133. The maximum atomic E-state index is 5.95. The van der Waals surface area contributed by atoms with Gasteiger partial charge in [-0.3, -0.25) is 0 Å². The standard InChI is InChI=1S/C13H14ClN3O.ClH/c14-10-5-3-4-9(8-10)12-16-13(18-17-12)11-6-1-2-7-15-11;/h3-5,8,11,15H,1-2,6-7H2;1H. The number of rotatable bonds is 2. The summed E-state index contributed by atoms with van der Waals surface area (Å²) in [6.45, 7) is 1.01. The number of nitrogens with zero attached hydrogens (tertiary/aromatic N) is 2. The first-order valence-corrected chi connectivity index (χ1v) is 6.53. The lowest BCUT2D eigenvalue weighted by molar-refractivity contribution is 0.297. The summed E-state index contributed by atoms with van der Waals surface area (Å²) in [5, 5.41) is 8.08. The van der Waals surface area contributed by atoms with Gasteiger partial charge in [-0.15, -0.1) is 12.4 Å². The fourth-order valence-electron chi connectivity index (χ4n) is 2.18. The average molecular weight is 300 g/mol. The van der Waals surface area contributed by atoms with Crippen LogP contribution < -0.4 is 5.32 Å². The van der Waals surface area contributed by atoms with Crippen molar-refractivity contribution in [2.45, 2.75) is 25.3 Å². The van der Waals surface area contributed by atoms with Crippen LogP contribution in [0.15, 0.2) is 28.8 Å². The van der Waals surface area contributed by atoms with Crippen LogP contribution in [0.2, 0.25) is 5.02 Å². The summed E-state index contributed by atoms with van der Waals surface area (Å²) in [7, 11) is 0. The predicted molar refractivity (Wildman–Crippen MR) is 76.6 cm³/mol. The molecule has 6 heteroatoms. The van der Waals surface area contributed by atoms with Crippen molar-refractivity contribution in [2.75, 3.05) is 6.54 Å². The number of benzene rings is 1. The van der Waals surface area contributed by atoms with Gasteiger partial charge in [0, 0.05) is 10.6 Å². The second kappa shape index (κ2) is 6.37. The average Bonchev–Trinajstić information content (AvgIpc) is 2.89. The van der Waals surface area contributed by atoms with Crippen molar-refractivity contribution >= 4 is 24.0 Å². The second-order valence-electron chi connectivity index (χ2n) is 4.47. The van der Waals surface area contributed by atoms with Gasteiger partial charge in [-0.2, -0.15) is 4.98 Å². The van der Waals surface area contributed by atoms with Gasteiger partial charge in [-0.05, 0) is 31.5 Å². The third-order valence-electron chi connectivity index (χ3n) is 3.13. The molecule has 0 saturated carbocycles. The number of halogens is 2. The molecule has 102 valence electrons. The van der Waals surface area contributed by atoms with E-state index >= 15 is 0 Å². The summed E-state index contributed by atoms with van der Waals surface area (Å²) in [5.74, 6) is 1.27. The molecule has 1 saturated heterocycles. The Morgan fingerprint density at radius 3 is 2.95 bits per heavy atom. The van der Waals surface area contributed by atoms with Crippen LogP contribution in [0.3, 0.4) is 0 Å². The second-order valence-corrected chi connectivity index (χ2v) is 4.91. The molecular formula is C13H15Cl2N3O. The van der Waals surface area contributed by atoms with Crippen molar-refractivity contribution in [3.05, 3.63) is 35.2 Å². The molecule has 0 radical (unpaired) electrons. The molecule has 4 nitrogen and oxygen atoms in total. The largest absolute Gasteiger partial charge is 0.337 e. The highest BCUT2D eigenvalue weighted by Crippen LogP contribution is 2.25. The van der Waals surface area contributed by atoms with Gasteiger partial charge in [0.15, 0.2) is 0 Å². The lowest BCUT2D eigenvalue weighted by Crippen LogP contribution is -2.26. The lowest BCUT2D eigenvalue weighted by Gasteiger charge is -2.19. The van der Waals surface area contributed by atoms with Gasteiger partial charge < -0.3 is 9.84 Å². The van der Waals surface area contributed by atoms with Crippen LogP contribution in [0.1, 0.15) is 31.2 Å². The van der Waals surface area contributed by atoms with E-state index in [0.717, 1.165) is 18.5 Å². The molecule has 1 aromatic heterocycles. The van der Waals surface area contributed by atoms with Gasteiger partial charge in [0.2, 0.25) is 11.7 Å². The molecule has 0 bridgehead atoms. The SMILES string of the molecule is Cl.Clc1cccc(-c2noc(C3CCCCN3)n2)c1. The molecule has 0 aliphatic carbocycles. The van der Waals surface area contributed by atoms with Crippen molar-refractivity contribution < 1.29 is 4.52 Å². The third kappa shape index (κ3) is 3.26. The Labute approximate surface area is 122 Å². The minimum atomic E-state index is 0. The zero-order valence-electron chi connectivity index (χ0n) is 10.3. The molecule has 0 spiro atoms. The number of hydrogen-bond acceptors (Lipinski definition) is 4. The van der Waals surface area contributed by atoms with Gasteiger partial charge in [0.25, 0.3) is 0 Å². The molecule has 1 aliphatic heterocycles. The van der Waals surface area contributed by atoms with Crippen LogP contribution in [-0.4, -0.2) is 16.7 Å².